The molecule has 0 atom stereocenters. The first-order valence-corrected chi connectivity index (χ1v) is 4.77. The van der Waals surface area contributed by atoms with Gasteiger partial charge in [0, 0.05) is 25.2 Å². The highest BCUT2D eigenvalue weighted by Crippen LogP contribution is 2.07. The fraction of sp³-hybridized carbons (Fsp3) is 0.500. The van der Waals surface area contributed by atoms with Gasteiger partial charge in [0.25, 0.3) is 6.20 Å². The first kappa shape index (κ1) is 10.8. The van der Waals surface area contributed by atoms with Gasteiger partial charge in [0.05, 0.1) is 4.92 Å². The van der Waals surface area contributed by atoms with Crippen LogP contribution in [0.2, 0.25) is 0 Å². The van der Waals surface area contributed by atoms with Crippen molar-refractivity contribution in [1.82, 2.24) is 10.2 Å². The standard InChI is InChI=1S/C8H12ClN3O2/c9-3-1-5-11-6-2-4-10-8(11)7-12(13)14/h1,3,7,10H,2,4-6H2. The zero-order valence-electron chi connectivity index (χ0n) is 7.65. The predicted molar refractivity (Wildman–Crippen MR) is 54.3 cm³/mol. The number of halogens is 1. The molecule has 1 saturated heterocycles. The van der Waals surface area contributed by atoms with Gasteiger partial charge in [-0.05, 0) is 6.42 Å². The maximum atomic E-state index is 10.3. The lowest BCUT2D eigenvalue weighted by atomic mass is 10.3. The summed E-state index contributed by atoms with van der Waals surface area (Å²) in [5.74, 6) is 0.552. The van der Waals surface area contributed by atoms with Crippen molar-refractivity contribution in [2.75, 3.05) is 19.6 Å². The van der Waals surface area contributed by atoms with Crippen LogP contribution >= 0.6 is 11.6 Å². The Morgan fingerprint density at radius 2 is 2.50 bits per heavy atom. The van der Waals surface area contributed by atoms with Gasteiger partial charge < -0.3 is 10.2 Å². The van der Waals surface area contributed by atoms with Crippen LogP contribution in [0.3, 0.4) is 0 Å². The number of nitrogens with zero attached hydrogens (tertiary/aromatic N) is 2. The summed E-state index contributed by atoms with van der Waals surface area (Å²) in [6.07, 6.45) is 3.72. The second-order valence-corrected chi connectivity index (χ2v) is 3.14. The van der Waals surface area contributed by atoms with Crippen molar-refractivity contribution in [2.24, 2.45) is 0 Å². The number of nitro groups is 1. The molecule has 78 valence electrons. The molecule has 1 fully saturated rings. The molecule has 0 bridgehead atoms. The number of hydrogen-bond acceptors (Lipinski definition) is 4. The van der Waals surface area contributed by atoms with Gasteiger partial charge in [0.15, 0.2) is 5.82 Å². The van der Waals surface area contributed by atoms with Gasteiger partial charge >= 0.3 is 0 Å². The van der Waals surface area contributed by atoms with Crippen LogP contribution in [0.25, 0.3) is 0 Å². The summed E-state index contributed by atoms with van der Waals surface area (Å²) in [6, 6.07) is 0. The Morgan fingerprint density at radius 1 is 1.71 bits per heavy atom. The van der Waals surface area contributed by atoms with Crippen molar-refractivity contribution in [3.63, 3.8) is 0 Å². The third-order valence-corrected chi connectivity index (χ3v) is 2.07. The molecule has 0 spiro atoms. The Labute approximate surface area is 87.2 Å². The van der Waals surface area contributed by atoms with E-state index in [-0.39, 0.29) is 0 Å². The molecule has 0 aromatic heterocycles. The summed E-state index contributed by atoms with van der Waals surface area (Å²) >= 11 is 5.39. The molecule has 5 nitrogen and oxygen atoms in total. The van der Waals surface area contributed by atoms with E-state index in [2.05, 4.69) is 5.32 Å². The summed E-state index contributed by atoms with van der Waals surface area (Å²) in [7, 11) is 0. The lowest BCUT2D eigenvalue weighted by molar-refractivity contribution is -0.404. The summed E-state index contributed by atoms with van der Waals surface area (Å²) in [5.41, 5.74) is 1.42. The second kappa shape index (κ2) is 5.49. The Morgan fingerprint density at radius 3 is 3.14 bits per heavy atom. The van der Waals surface area contributed by atoms with Crippen molar-refractivity contribution in [3.8, 4) is 0 Å². The minimum atomic E-state index is -0.453. The zero-order valence-corrected chi connectivity index (χ0v) is 8.41. The summed E-state index contributed by atoms with van der Waals surface area (Å²) in [4.78, 5) is 11.7. The van der Waals surface area contributed by atoms with Gasteiger partial charge in [-0.1, -0.05) is 17.7 Å². The van der Waals surface area contributed by atoms with E-state index < -0.39 is 4.92 Å². The molecule has 0 aromatic carbocycles. The minimum Gasteiger partial charge on any atom is -0.367 e. The summed E-state index contributed by atoms with van der Waals surface area (Å²) in [5, 5.41) is 13.3. The van der Waals surface area contributed by atoms with Gasteiger partial charge in [-0.3, -0.25) is 10.1 Å². The molecule has 6 heteroatoms. The maximum Gasteiger partial charge on any atom is 0.274 e. The predicted octanol–water partition coefficient (Wildman–Crippen LogP) is 1.11. The van der Waals surface area contributed by atoms with E-state index in [0.717, 1.165) is 25.7 Å². The van der Waals surface area contributed by atoms with Crippen molar-refractivity contribution in [3.05, 3.63) is 33.7 Å². The molecule has 0 radical (unpaired) electrons. The van der Waals surface area contributed by atoms with E-state index >= 15 is 0 Å². The van der Waals surface area contributed by atoms with Crippen LogP contribution in [0.1, 0.15) is 6.42 Å². The minimum absolute atomic E-state index is 0.453. The molecule has 1 aliphatic heterocycles. The third-order valence-electron chi connectivity index (χ3n) is 1.89. The lowest BCUT2D eigenvalue weighted by Crippen LogP contribution is -2.39. The lowest BCUT2D eigenvalue weighted by Gasteiger charge is -2.29. The van der Waals surface area contributed by atoms with Crippen LogP contribution in [0.5, 0.6) is 0 Å². The van der Waals surface area contributed by atoms with E-state index in [0.29, 0.717) is 12.4 Å². The Hall–Kier alpha value is -1.23. The Kier molecular flexibility index (Phi) is 4.25. The largest absolute Gasteiger partial charge is 0.367 e. The fourth-order valence-corrected chi connectivity index (χ4v) is 1.38. The molecule has 1 rings (SSSR count). The van der Waals surface area contributed by atoms with Crippen LogP contribution in [0, 0.1) is 10.1 Å². The van der Waals surface area contributed by atoms with Crippen LogP contribution in [-0.4, -0.2) is 29.5 Å². The number of rotatable bonds is 3. The van der Waals surface area contributed by atoms with Crippen LogP contribution < -0.4 is 5.32 Å². The Bertz CT molecular complexity index is 265. The zero-order chi connectivity index (χ0) is 10.4. The molecule has 14 heavy (non-hydrogen) atoms. The van der Waals surface area contributed by atoms with Crippen LogP contribution in [0.4, 0.5) is 0 Å². The highest BCUT2D eigenvalue weighted by Gasteiger charge is 2.15. The molecule has 1 aliphatic rings. The topological polar surface area (TPSA) is 58.4 Å². The monoisotopic (exact) mass is 217 g/mol. The Balaban J connectivity index is 2.63. The highest BCUT2D eigenvalue weighted by atomic mass is 35.5. The molecular weight excluding hydrogens is 206 g/mol. The SMILES string of the molecule is O=[N+]([O-])C=C1NCCCN1CC=CCl. The maximum absolute atomic E-state index is 10.3. The van der Waals surface area contributed by atoms with Crippen LogP contribution in [0.15, 0.2) is 23.6 Å². The molecule has 0 amide bonds. The van der Waals surface area contributed by atoms with Gasteiger partial charge in [0.2, 0.25) is 0 Å². The summed E-state index contributed by atoms with van der Waals surface area (Å²) < 4.78 is 0. The number of hydrogen-bond donors (Lipinski definition) is 1. The first-order valence-electron chi connectivity index (χ1n) is 4.33. The average Bonchev–Trinajstić information content (AvgIpc) is 2.16. The first-order chi connectivity index (χ1) is 6.74. The molecule has 1 heterocycles. The highest BCUT2D eigenvalue weighted by molar-refractivity contribution is 6.25. The van der Waals surface area contributed by atoms with Crippen molar-refractivity contribution >= 4 is 11.6 Å². The third kappa shape index (κ3) is 3.26. The van der Waals surface area contributed by atoms with Crippen LogP contribution in [-0.2, 0) is 0 Å². The van der Waals surface area contributed by atoms with Crippen molar-refractivity contribution in [2.45, 2.75) is 6.42 Å². The molecule has 0 aromatic rings. The fourth-order valence-electron chi connectivity index (χ4n) is 1.30. The van der Waals surface area contributed by atoms with E-state index in [1.165, 1.54) is 5.54 Å². The normalized spacial score (nSPS) is 20.1. The van der Waals surface area contributed by atoms with Crippen molar-refractivity contribution < 1.29 is 4.92 Å². The van der Waals surface area contributed by atoms with E-state index in [9.17, 15) is 10.1 Å². The van der Waals surface area contributed by atoms with Crippen molar-refractivity contribution in [1.29, 1.82) is 0 Å². The summed E-state index contributed by atoms with van der Waals surface area (Å²) in [6.45, 7) is 2.19. The molecule has 1 N–H and O–H groups in total. The quantitative estimate of drug-likeness (QED) is 0.568. The molecule has 0 unspecified atom stereocenters. The smallest absolute Gasteiger partial charge is 0.274 e. The second-order valence-electron chi connectivity index (χ2n) is 2.89. The van der Waals surface area contributed by atoms with Gasteiger partial charge in [-0.25, -0.2) is 0 Å². The molecular formula is C8H12ClN3O2. The molecule has 0 aliphatic carbocycles. The van der Waals surface area contributed by atoms with Gasteiger partial charge in [0.1, 0.15) is 0 Å². The van der Waals surface area contributed by atoms with Gasteiger partial charge in [-0.2, -0.15) is 0 Å². The van der Waals surface area contributed by atoms with Gasteiger partial charge in [-0.15, -0.1) is 0 Å². The van der Waals surface area contributed by atoms with E-state index in [1.807, 2.05) is 4.90 Å². The van der Waals surface area contributed by atoms with E-state index in [4.69, 9.17) is 11.6 Å². The number of nitrogens with one attached hydrogen (secondary N) is 1. The van der Waals surface area contributed by atoms with E-state index in [1.54, 1.807) is 6.08 Å². The molecule has 0 saturated carbocycles. The average molecular weight is 218 g/mol.